The molecule has 0 unspecified atom stereocenters. The van der Waals surface area contributed by atoms with E-state index in [-0.39, 0.29) is 18.2 Å². The second-order valence-corrected chi connectivity index (χ2v) is 9.51. The second kappa shape index (κ2) is 9.45. The number of aromatic nitrogens is 6. The molecule has 5 heterocycles. The van der Waals surface area contributed by atoms with Crippen LogP contribution in [0.15, 0.2) is 43.2 Å². The van der Waals surface area contributed by atoms with Crippen LogP contribution in [0.4, 0.5) is 15.8 Å². The SMILES string of the molecule is CC(C)(O)[C@H](F)CNC(=O)c1cnc(-c2cnn3cc(Cl)cnc23)cc1Nc1cnn(C2COC2)c1. The number of halogens is 2. The Bertz CT molecular complexity index is 1410. The maximum Gasteiger partial charge on any atom is 0.255 e. The van der Waals surface area contributed by atoms with Gasteiger partial charge in [-0.1, -0.05) is 11.6 Å². The van der Waals surface area contributed by atoms with E-state index in [2.05, 4.69) is 30.8 Å². The average molecular weight is 515 g/mol. The van der Waals surface area contributed by atoms with E-state index in [0.717, 1.165) is 0 Å². The lowest BCUT2D eigenvalue weighted by Gasteiger charge is -2.25. The molecule has 36 heavy (non-hydrogen) atoms. The van der Waals surface area contributed by atoms with Crippen LogP contribution in [0.1, 0.15) is 30.2 Å². The first-order chi connectivity index (χ1) is 17.2. The summed E-state index contributed by atoms with van der Waals surface area (Å²) in [6.45, 7) is 3.50. The first-order valence-electron chi connectivity index (χ1n) is 11.2. The number of hydrogen-bond donors (Lipinski definition) is 3. The summed E-state index contributed by atoms with van der Waals surface area (Å²) < 4.78 is 22.8. The first-order valence-corrected chi connectivity index (χ1v) is 11.6. The molecule has 4 aromatic rings. The topological polar surface area (TPSA) is 131 Å². The number of alkyl halides is 1. The normalized spacial score (nSPS) is 15.0. The van der Waals surface area contributed by atoms with Crippen molar-refractivity contribution in [2.24, 2.45) is 0 Å². The summed E-state index contributed by atoms with van der Waals surface area (Å²) in [6.07, 6.45) is 7.96. The highest BCUT2D eigenvalue weighted by molar-refractivity contribution is 6.30. The Labute approximate surface area is 210 Å². The number of ether oxygens (including phenoxy) is 1. The molecule has 0 aliphatic carbocycles. The van der Waals surface area contributed by atoms with Gasteiger partial charge in [-0.3, -0.25) is 14.5 Å². The first kappa shape index (κ1) is 24.1. The number of hydrogen-bond acceptors (Lipinski definition) is 8. The molecule has 4 aromatic heterocycles. The molecular formula is C23H24ClFN8O3. The quantitative estimate of drug-likeness (QED) is 0.327. The van der Waals surface area contributed by atoms with Crippen LogP contribution in [0.3, 0.4) is 0 Å². The van der Waals surface area contributed by atoms with Crippen molar-refractivity contribution in [3.8, 4) is 11.3 Å². The van der Waals surface area contributed by atoms with Crippen molar-refractivity contribution < 1.29 is 19.0 Å². The maximum atomic E-state index is 14.2. The van der Waals surface area contributed by atoms with E-state index in [0.29, 0.717) is 46.5 Å². The van der Waals surface area contributed by atoms with E-state index in [4.69, 9.17) is 16.3 Å². The zero-order valence-electron chi connectivity index (χ0n) is 19.5. The molecule has 188 valence electrons. The van der Waals surface area contributed by atoms with Gasteiger partial charge in [-0.2, -0.15) is 10.2 Å². The van der Waals surface area contributed by atoms with Crippen molar-refractivity contribution in [2.75, 3.05) is 25.1 Å². The van der Waals surface area contributed by atoms with Gasteiger partial charge in [0.1, 0.15) is 6.17 Å². The number of anilines is 2. The molecule has 11 nitrogen and oxygen atoms in total. The van der Waals surface area contributed by atoms with Crippen LogP contribution in [-0.4, -0.2) is 71.9 Å². The van der Waals surface area contributed by atoms with Crippen molar-refractivity contribution in [1.29, 1.82) is 0 Å². The summed E-state index contributed by atoms with van der Waals surface area (Å²) in [5, 5.41) is 24.7. The van der Waals surface area contributed by atoms with Crippen molar-refractivity contribution in [1.82, 2.24) is 34.7 Å². The highest BCUT2D eigenvalue weighted by atomic mass is 35.5. The van der Waals surface area contributed by atoms with Crippen molar-refractivity contribution >= 4 is 34.5 Å². The number of aliphatic hydroxyl groups is 1. The Morgan fingerprint density at radius 2 is 2.06 bits per heavy atom. The fourth-order valence-corrected chi connectivity index (χ4v) is 3.72. The molecule has 3 N–H and O–H groups in total. The second-order valence-electron chi connectivity index (χ2n) is 9.07. The van der Waals surface area contributed by atoms with Crippen LogP contribution in [0.2, 0.25) is 5.02 Å². The Morgan fingerprint density at radius 1 is 1.25 bits per heavy atom. The van der Waals surface area contributed by atoms with Gasteiger partial charge in [0.2, 0.25) is 0 Å². The molecule has 0 aromatic carbocycles. The Hall–Kier alpha value is -3.61. The predicted molar refractivity (Wildman–Crippen MR) is 130 cm³/mol. The summed E-state index contributed by atoms with van der Waals surface area (Å²) >= 11 is 6.01. The number of carbonyl (C=O) groups excluding carboxylic acids is 1. The highest BCUT2D eigenvalue weighted by Gasteiger charge is 2.27. The van der Waals surface area contributed by atoms with Gasteiger partial charge in [0.05, 0.1) is 83.2 Å². The van der Waals surface area contributed by atoms with E-state index in [9.17, 15) is 14.3 Å². The molecule has 13 heteroatoms. The van der Waals surface area contributed by atoms with Crippen LogP contribution in [0.5, 0.6) is 0 Å². The number of pyridine rings is 1. The molecule has 0 bridgehead atoms. The number of fused-ring (bicyclic) bond motifs is 1. The Kier molecular flexibility index (Phi) is 6.33. The van der Waals surface area contributed by atoms with Crippen molar-refractivity contribution in [3.05, 3.63) is 53.8 Å². The van der Waals surface area contributed by atoms with Gasteiger partial charge in [-0.25, -0.2) is 13.9 Å². The van der Waals surface area contributed by atoms with Crippen LogP contribution in [0, 0.1) is 0 Å². The molecule has 0 saturated carbocycles. The molecule has 1 fully saturated rings. The number of carbonyl (C=O) groups is 1. The van der Waals surface area contributed by atoms with Gasteiger partial charge in [0, 0.05) is 18.6 Å². The van der Waals surface area contributed by atoms with Crippen molar-refractivity contribution in [3.63, 3.8) is 0 Å². The van der Waals surface area contributed by atoms with E-state index < -0.39 is 17.7 Å². The number of rotatable bonds is 8. The standard InChI is InChI=1S/C23H24ClFN8O3/c1-23(2,35)20(25)8-28-22(34)17-6-26-18(16-7-30-33-9-13(24)4-27-21(16)33)3-19(17)31-14-5-29-32(10-14)15-11-36-12-15/h3-7,9-10,15,20,35H,8,11-12H2,1-2H3,(H,26,31)(H,28,34)/t20-/m1/s1. The number of nitrogens with one attached hydrogen (secondary N) is 2. The van der Waals surface area contributed by atoms with Gasteiger partial charge in [-0.15, -0.1) is 0 Å². The maximum absolute atomic E-state index is 14.2. The fourth-order valence-electron chi connectivity index (χ4n) is 3.58. The third kappa shape index (κ3) is 4.87. The molecule has 1 amide bonds. The number of amides is 1. The van der Waals surface area contributed by atoms with Crippen LogP contribution < -0.4 is 10.6 Å². The van der Waals surface area contributed by atoms with Crippen LogP contribution in [0.25, 0.3) is 16.9 Å². The van der Waals surface area contributed by atoms with Crippen LogP contribution >= 0.6 is 11.6 Å². The van der Waals surface area contributed by atoms with E-state index in [1.54, 1.807) is 29.3 Å². The largest absolute Gasteiger partial charge is 0.387 e. The van der Waals surface area contributed by atoms with Gasteiger partial charge in [0.25, 0.3) is 5.91 Å². The fraction of sp³-hybridized carbons (Fsp3) is 0.348. The summed E-state index contributed by atoms with van der Waals surface area (Å²) in [7, 11) is 0. The zero-order valence-corrected chi connectivity index (χ0v) is 20.3. The minimum Gasteiger partial charge on any atom is -0.387 e. The third-order valence-corrected chi connectivity index (χ3v) is 6.03. The Morgan fingerprint density at radius 3 is 2.78 bits per heavy atom. The van der Waals surface area contributed by atoms with E-state index in [1.165, 1.54) is 30.8 Å². The lowest BCUT2D eigenvalue weighted by Crippen LogP contribution is -2.42. The average Bonchev–Trinajstić information content (AvgIpc) is 3.42. The minimum absolute atomic E-state index is 0.163. The summed E-state index contributed by atoms with van der Waals surface area (Å²) in [6, 6.07) is 1.85. The highest BCUT2D eigenvalue weighted by Crippen LogP contribution is 2.29. The molecular weight excluding hydrogens is 491 g/mol. The zero-order chi connectivity index (χ0) is 25.4. The Balaban J connectivity index is 1.47. The monoisotopic (exact) mass is 514 g/mol. The van der Waals surface area contributed by atoms with Crippen molar-refractivity contribution in [2.45, 2.75) is 31.7 Å². The smallest absolute Gasteiger partial charge is 0.255 e. The summed E-state index contributed by atoms with van der Waals surface area (Å²) in [4.78, 5) is 21.8. The molecule has 1 atom stereocenters. The summed E-state index contributed by atoms with van der Waals surface area (Å²) in [5.74, 6) is -0.548. The van der Waals surface area contributed by atoms with Gasteiger partial charge in [-0.05, 0) is 19.9 Å². The minimum atomic E-state index is -1.65. The summed E-state index contributed by atoms with van der Waals surface area (Å²) in [5.41, 5.74) is 1.36. The third-order valence-electron chi connectivity index (χ3n) is 5.83. The molecule has 0 spiro atoms. The molecule has 1 aliphatic rings. The van der Waals surface area contributed by atoms with Gasteiger partial charge >= 0.3 is 0 Å². The van der Waals surface area contributed by atoms with Crippen LogP contribution in [-0.2, 0) is 4.74 Å². The molecule has 1 saturated heterocycles. The van der Waals surface area contributed by atoms with Gasteiger partial charge in [0.15, 0.2) is 5.65 Å². The molecule has 1 aliphatic heterocycles. The number of nitrogens with zero attached hydrogens (tertiary/aromatic N) is 6. The van der Waals surface area contributed by atoms with Gasteiger partial charge < -0.3 is 20.5 Å². The predicted octanol–water partition coefficient (Wildman–Crippen LogP) is 2.79. The molecule has 0 radical (unpaired) electrons. The lowest BCUT2D eigenvalue weighted by atomic mass is 10.0. The van der Waals surface area contributed by atoms with E-state index in [1.807, 2.05) is 6.20 Å². The van der Waals surface area contributed by atoms with E-state index >= 15 is 0 Å². The lowest BCUT2D eigenvalue weighted by molar-refractivity contribution is -0.0286. The molecule has 5 rings (SSSR count).